The van der Waals surface area contributed by atoms with Crippen LogP contribution in [0.4, 0.5) is 0 Å². The van der Waals surface area contributed by atoms with Gasteiger partial charge in [-0.3, -0.25) is 0 Å². The van der Waals surface area contributed by atoms with Crippen LogP contribution in [0.3, 0.4) is 0 Å². The zero-order valence-corrected chi connectivity index (χ0v) is 12.9. The molecular weight excluding hydrogens is 334 g/mol. The number of aliphatic hydroxyl groups is 1. The molecule has 0 fully saturated rings. The number of hydrogen-bond acceptors (Lipinski definition) is 3. The van der Waals surface area contributed by atoms with E-state index in [0.29, 0.717) is 13.1 Å². The lowest BCUT2D eigenvalue weighted by atomic mass is 10.1. The summed E-state index contributed by atoms with van der Waals surface area (Å²) < 4.78 is 0.740. The molecule has 0 unspecified atom stereocenters. The highest BCUT2D eigenvalue weighted by atomic mass is 79.9. The van der Waals surface area contributed by atoms with Crippen molar-refractivity contribution in [3.63, 3.8) is 0 Å². The smallest absolute Gasteiger partial charge is 0.335 e. The second-order valence-electron chi connectivity index (χ2n) is 4.67. The molecule has 0 radical (unpaired) electrons. The van der Waals surface area contributed by atoms with Gasteiger partial charge >= 0.3 is 5.97 Å². The second-order valence-corrected chi connectivity index (χ2v) is 5.52. The molecule has 1 atom stereocenters. The maximum atomic E-state index is 10.9. The minimum Gasteiger partial charge on any atom is -0.478 e. The average molecular weight is 350 g/mol. The van der Waals surface area contributed by atoms with Gasteiger partial charge in [0.05, 0.1) is 11.7 Å². The van der Waals surface area contributed by atoms with Crippen LogP contribution in [0.1, 0.15) is 27.6 Å². The molecule has 4 nitrogen and oxygen atoms in total. The number of benzene rings is 2. The van der Waals surface area contributed by atoms with Crippen molar-refractivity contribution < 1.29 is 15.0 Å². The molecule has 2 aromatic carbocycles. The number of halogens is 1. The molecule has 5 heteroatoms. The Kier molecular flexibility index (Phi) is 5.50. The number of carboxylic acid groups (broad SMARTS) is 1. The van der Waals surface area contributed by atoms with E-state index in [9.17, 15) is 9.90 Å². The van der Waals surface area contributed by atoms with Gasteiger partial charge < -0.3 is 15.5 Å². The molecule has 0 bridgehead atoms. The fraction of sp³-hybridized carbons (Fsp3) is 0.188. The number of rotatable bonds is 6. The van der Waals surface area contributed by atoms with Crippen molar-refractivity contribution >= 4 is 21.9 Å². The molecule has 0 heterocycles. The molecule has 0 amide bonds. The molecule has 2 rings (SSSR count). The van der Waals surface area contributed by atoms with Gasteiger partial charge in [-0.05, 0) is 23.3 Å². The van der Waals surface area contributed by atoms with Crippen molar-refractivity contribution in [1.82, 2.24) is 5.32 Å². The normalized spacial score (nSPS) is 12.1. The van der Waals surface area contributed by atoms with Gasteiger partial charge in [0.1, 0.15) is 0 Å². The standard InChI is InChI=1S/C16H16BrNO3/c17-14-8-12(16(20)21)6-7-13(14)9-18-10-15(19)11-4-2-1-3-5-11/h1-8,15,18-19H,9-10H2,(H,20,21)/t15-/m0/s1. The van der Waals surface area contributed by atoms with Gasteiger partial charge in [0, 0.05) is 17.6 Å². The van der Waals surface area contributed by atoms with Gasteiger partial charge in [-0.25, -0.2) is 4.79 Å². The third-order valence-electron chi connectivity index (χ3n) is 3.14. The molecule has 2 aromatic rings. The zero-order chi connectivity index (χ0) is 15.2. The number of aromatic carboxylic acids is 1. The van der Waals surface area contributed by atoms with E-state index >= 15 is 0 Å². The first-order valence-electron chi connectivity index (χ1n) is 6.53. The van der Waals surface area contributed by atoms with E-state index < -0.39 is 12.1 Å². The van der Waals surface area contributed by atoms with E-state index in [0.717, 1.165) is 15.6 Å². The first-order chi connectivity index (χ1) is 10.1. The topological polar surface area (TPSA) is 69.6 Å². The van der Waals surface area contributed by atoms with Gasteiger partial charge in [-0.1, -0.05) is 52.3 Å². The average Bonchev–Trinajstić information content (AvgIpc) is 2.49. The first kappa shape index (κ1) is 15.7. The van der Waals surface area contributed by atoms with Gasteiger partial charge in [0.15, 0.2) is 0 Å². The van der Waals surface area contributed by atoms with Crippen LogP contribution in [0.25, 0.3) is 0 Å². The van der Waals surface area contributed by atoms with Crippen molar-refractivity contribution in [3.8, 4) is 0 Å². The van der Waals surface area contributed by atoms with E-state index in [2.05, 4.69) is 21.2 Å². The fourth-order valence-electron chi connectivity index (χ4n) is 1.96. The highest BCUT2D eigenvalue weighted by molar-refractivity contribution is 9.10. The van der Waals surface area contributed by atoms with E-state index in [1.54, 1.807) is 18.2 Å². The van der Waals surface area contributed by atoms with Gasteiger partial charge in [-0.15, -0.1) is 0 Å². The van der Waals surface area contributed by atoms with E-state index in [4.69, 9.17) is 5.11 Å². The molecule has 0 saturated heterocycles. The third kappa shape index (κ3) is 4.39. The summed E-state index contributed by atoms with van der Waals surface area (Å²) >= 11 is 3.36. The minimum atomic E-state index is -0.949. The number of hydrogen-bond donors (Lipinski definition) is 3. The maximum absolute atomic E-state index is 10.9. The molecule has 0 aliphatic rings. The van der Waals surface area contributed by atoms with Crippen LogP contribution in [0.5, 0.6) is 0 Å². The van der Waals surface area contributed by atoms with Crippen molar-refractivity contribution in [2.45, 2.75) is 12.6 Å². The Bertz CT molecular complexity index is 616. The van der Waals surface area contributed by atoms with E-state index in [1.807, 2.05) is 30.3 Å². The molecule has 0 aromatic heterocycles. The SMILES string of the molecule is O=C(O)c1ccc(CNC[C@H](O)c2ccccc2)c(Br)c1. The van der Waals surface area contributed by atoms with Crippen molar-refractivity contribution in [2.75, 3.05) is 6.54 Å². The van der Waals surface area contributed by atoms with E-state index in [1.165, 1.54) is 0 Å². The number of aliphatic hydroxyl groups excluding tert-OH is 1. The predicted molar refractivity (Wildman–Crippen MR) is 84.2 cm³/mol. The molecule has 21 heavy (non-hydrogen) atoms. The van der Waals surface area contributed by atoms with Gasteiger partial charge in [-0.2, -0.15) is 0 Å². The second kappa shape index (κ2) is 7.36. The van der Waals surface area contributed by atoms with Crippen LogP contribution in [0.15, 0.2) is 53.0 Å². The number of carbonyl (C=O) groups is 1. The Morgan fingerprint density at radius 2 is 1.90 bits per heavy atom. The Morgan fingerprint density at radius 3 is 2.52 bits per heavy atom. The lowest BCUT2D eigenvalue weighted by molar-refractivity contribution is 0.0697. The molecule has 110 valence electrons. The molecule has 3 N–H and O–H groups in total. The molecule has 0 spiro atoms. The van der Waals surface area contributed by atoms with Gasteiger partial charge in [0.2, 0.25) is 0 Å². The quantitative estimate of drug-likeness (QED) is 0.749. The fourth-order valence-corrected chi connectivity index (χ4v) is 2.48. The summed E-state index contributed by atoms with van der Waals surface area (Å²) in [4.78, 5) is 10.9. The maximum Gasteiger partial charge on any atom is 0.335 e. The van der Waals surface area contributed by atoms with Crippen LogP contribution in [0, 0.1) is 0 Å². The predicted octanol–water partition coefficient (Wildman–Crippen LogP) is 2.97. The van der Waals surface area contributed by atoms with Crippen LogP contribution < -0.4 is 5.32 Å². The lowest BCUT2D eigenvalue weighted by Gasteiger charge is -2.13. The van der Waals surface area contributed by atoms with Crippen molar-refractivity contribution in [3.05, 3.63) is 69.7 Å². The molecule has 0 aliphatic heterocycles. The van der Waals surface area contributed by atoms with Crippen LogP contribution in [0.2, 0.25) is 0 Å². The summed E-state index contributed by atoms with van der Waals surface area (Å²) in [5.74, 6) is -0.949. The van der Waals surface area contributed by atoms with Crippen LogP contribution >= 0.6 is 15.9 Å². The highest BCUT2D eigenvalue weighted by Gasteiger charge is 2.09. The molecule has 0 aliphatic carbocycles. The van der Waals surface area contributed by atoms with Gasteiger partial charge in [0.25, 0.3) is 0 Å². The summed E-state index contributed by atoms with van der Waals surface area (Å²) in [5.41, 5.74) is 2.06. The summed E-state index contributed by atoms with van der Waals surface area (Å²) in [6.07, 6.45) is -0.566. The Labute approximate surface area is 131 Å². The minimum absolute atomic E-state index is 0.245. The highest BCUT2D eigenvalue weighted by Crippen LogP contribution is 2.19. The summed E-state index contributed by atoms with van der Waals surface area (Å²) in [6.45, 7) is 0.974. The Morgan fingerprint density at radius 1 is 1.19 bits per heavy atom. The van der Waals surface area contributed by atoms with Crippen molar-refractivity contribution in [2.24, 2.45) is 0 Å². The lowest BCUT2D eigenvalue weighted by Crippen LogP contribution is -2.21. The zero-order valence-electron chi connectivity index (χ0n) is 11.3. The summed E-state index contributed by atoms with van der Waals surface area (Å²) in [7, 11) is 0. The Hall–Kier alpha value is -1.69. The largest absolute Gasteiger partial charge is 0.478 e. The Balaban J connectivity index is 1.90. The monoisotopic (exact) mass is 349 g/mol. The molecule has 0 saturated carbocycles. The number of nitrogens with one attached hydrogen (secondary N) is 1. The summed E-state index contributed by atoms with van der Waals surface area (Å²) in [6, 6.07) is 14.3. The first-order valence-corrected chi connectivity index (χ1v) is 7.32. The van der Waals surface area contributed by atoms with E-state index in [-0.39, 0.29) is 5.56 Å². The van der Waals surface area contributed by atoms with Crippen LogP contribution in [-0.4, -0.2) is 22.7 Å². The summed E-state index contributed by atoms with van der Waals surface area (Å²) in [5, 5.41) is 22.1. The molecular formula is C16H16BrNO3. The third-order valence-corrected chi connectivity index (χ3v) is 3.88. The number of carboxylic acids is 1. The van der Waals surface area contributed by atoms with Crippen molar-refractivity contribution in [1.29, 1.82) is 0 Å². The van der Waals surface area contributed by atoms with Crippen LogP contribution in [-0.2, 0) is 6.54 Å².